The van der Waals surface area contributed by atoms with Crippen molar-refractivity contribution in [3.8, 4) is 11.4 Å². The Labute approximate surface area is 166 Å². The highest BCUT2D eigenvalue weighted by Crippen LogP contribution is 2.26. The van der Waals surface area contributed by atoms with Crippen molar-refractivity contribution in [3.63, 3.8) is 0 Å². The van der Waals surface area contributed by atoms with Crippen LogP contribution in [0.2, 0.25) is 0 Å². The van der Waals surface area contributed by atoms with E-state index in [1.54, 1.807) is 34.8 Å². The zero-order chi connectivity index (χ0) is 19.2. The van der Waals surface area contributed by atoms with Gasteiger partial charge < -0.3 is 0 Å². The first-order chi connectivity index (χ1) is 13.8. The lowest BCUT2D eigenvalue weighted by molar-refractivity contribution is 0.628. The molecule has 0 fully saturated rings. The lowest BCUT2D eigenvalue weighted by atomic mass is 10.2. The number of aromatic nitrogens is 3. The minimum atomic E-state index is -0.273. The Morgan fingerprint density at radius 1 is 0.857 bits per heavy atom. The van der Waals surface area contributed by atoms with Gasteiger partial charge in [-0.2, -0.15) is 9.78 Å². The number of hydrogen-bond donors (Lipinski definition) is 0. The van der Waals surface area contributed by atoms with Crippen molar-refractivity contribution in [2.24, 2.45) is 5.10 Å². The quantitative estimate of drug-likeness (QED) is 0.334. The summed E-state index contributed by atoms with van der Waals surface area (Å²) in [6.45, 7) is 0. The predicted molar refractivity (Wildman–Crippen MR) is 111 cm³/mol. The lowest BCUT2D eigenvalue weighted by Gasteiger charge is -2.05. The number of halogens is 1. The van der Waals surface area contributed by atoms with E-state index >= 15 is 0 Å². The predicted octanol–water partition coefficient (Wildman–Crippen LogP) is 5.26. The minimum Gasteiger partial charge on any atom is -0.207 e. The first kappa shape index (κ1) is 18.1. The van der Waals surface area contributed by atoms with E-state index in [-0.39, 0.29) is 5.82 Å². The third-order valence-corrected chi connectivity index (χ3v) is 5.04. The van der Waals surface area contributed by atoms with E-state index in [2.05, 4.69) is 27.4 Å². The van der Waals surface area contributed by atoms with Gasteiger partial charge in [-0.1, -0.05) is 84.6 Å². The second-order valence-electron chi connectivity index (χ2n) is 6.05. The summed E-state index contributed by atoms with van der Waals surface area (Å²) < 4.78 is 14.9. The molecule has 28 heavy (non-hydrogen) atoms. The fraction of sp³-hybridized carbons (Fsp3) is 0.0455. The van der Waals surface area contributed by atoms with Crippen LogP contribution >= 0.6 is 11.8 Å². The van der Waals surface area contributed by atoms with Gasteiger partial charge in [0.15, 0.2) is 5.82 Å². The molecule has 0 aliphatic carbocycles. The summed E-state index contributed by atoms with van der Waals surface area (Å²) in [4.78, 5) is 0. The van der Waals surface area contributed by atoms with E-state index in [1.165, 1.54) is 17.7 Å². The molecule has 0 aliphatic heterocycles. The molecule has 0 saturated carbocycles. The van der Waals surface area contributed by atoms with Gasteiger partial charge >= 0.3 is 0 Å². The van der Waals surface area contributed by atoms with Gasteiger partial charge in [0.1, 0.15) is 5.82 Å². The highest BCUT2D eigenvalue weighted by molar-refractivity contribution is 7.98. The number of rotatable bonds is 6. The van der Waals surface area contributed by atoms with Crippen LogP contribution in [0.1, 0.15) is 11.1 Å². The molecule has 0 N–H and O–H groups in total. The highest BCUT2D eigenvalue weighted by Gasteiger charge is 2.14. The van der Waals surface area contributed by atoms with Crippen LogP contribution < -0.4 is 0 Å². The fourth-order valence-electron chi connectivity index (χ4n) is 2.62. The maximum absolute atomic E-state index is 13.1. The highest BCUT2D eigenvalue weighted by atomic mass is 32.2. The van der Waals surface area contributed by atoms with Gasteiger partial charge in [0.2, 0.25) is 5.16 Å². The van der Waals surface area contributed by atoms with Crippen molar-refractivity contribution in [1.82, 2.24) is 14.9 Å². The fourth-order valence-corrected chi connectivity index (χ4v) is 3.46. The van der Waals surface area contributed by atoms with Crippen LogP contribution in [0.5, 0.6) is 0 Å². The molecule has 0 atom stereocenters. The second-order valence-corrected chi connectivity index (χ2v) is 7.00. The number of benzene rings is 3. The van der Waals surface area contributed by atoms with E-state index in [9.17, 15) is 4.39 Å². The molecule has 0 radical (unpaired) electrons. The summed E-state index contributed by atoms with van der Waals surface area (Å²) in [5.74, 6) is 1.15. The Hall–Kier alpha value is -3.25. The first-order valence-electron chi connectivity index (χ1n) is 8.77. The van der Waals surface area contributed by atoms with Gasteiger partial charge in [-0.3, -0.25) is 0 Å². The van der Waals surface area contributed by atoms with Crippen LogP contribution in [0.25, 0.3) is 11.4 Å². The summed E-state index contributed by atoms with van der Waals surface area (Å²) in [6.07, 6.45) is 1.68. The number of thioether (sulfide) groups is 1. The summed E-state index contributed by atoms with van der Waals surface area (Å²) in [5, 5.41) is 14.0. The van der Waals surface area contributed by atoms with Crippen molar-refractivity contribution in [2.45, 2.75) is 10.9 Å². The molecule has 0 amide bonds. The number of hydrogen-bond acceptors (Lipinski definition) is 4. The molecule has 6 heteroatoms. The molecule has 0 bridgehead atoms. The van der Waals surface area contributed by atoms with Crippen LogP contribution in [0.15, 0.2) is 95.2 Å². The summed E-state index contributed by atoms with van der Waals surface area (Å²) in [7, 11) is 0. The van der Waals surface area contributed by atoms with E-state index in [1.807, 2.05) is 48.5 Å². The Kier molecular flexibility index (Phi) is 5.58. The molecule has 1 aromatic heterocycles. The third-order valence-electron chi connectivity index (χ3n) is 4.05. The van der Waals surface area contributed by atoms with Gasteiger partial charge in [0, 0.05) is 11.3 Å². The maximum Gasteiger partial charge on any atom is 0.212 e. The standard InChI is InChI=1S/C22H17FN4S/c23-20-13-11-17(12-14-20)15-24-27-21(19-9-5-2-6-10-19)25-26-22(27)28-16-18-7-3-1-4-8-18/h1-15H,16H2/b24-15-. The zero-order valence-corrected chi connectivity index (χ0v) is 15.8. The SMILES string of the molecule is Fc1ccc(/C=N\n2c(SCc3ccccc3)nnc2-c2ccccc2)cc1. The Balaban J connectivity index is 1.65. The van der Waals surface area contributed by atoms with Gasteiger partial charge in [0.25, 0.3) is 0 Å². The van der Waals surface area contributed by atoms with Crippen molar-refractivity contribution in [3.05, 3.63) is 102 Å². The van der Waals surface area contributed by atoms with Crippen LogP contribution in [-0.2, 0) is 5.75 Å². The van der Waals surface area contributed by atoms with Crippen LogP contribution in [0.4, 0.5) is 4.39 Å². The Morgan fingerprint density at radius 2 is 1.54 bits per heavy atom. The monoisotopic (exact) mass is 388 g/mol. The maximum atomic E-state index is 13.1. The Morgan fingerprint density at radius 3 is 2.25 bits per heavy atom. The summed E-state index contributed by atoms with van der Waals surface area (Å²) >= 11 is 1.57. The van der Waals surface area contributed by atoms with Crippen molar-refractivity contribution in [1.29, 1.82) is 0 Å². The van der Waals surface area contributed by atoms with Crippen LogP contribution in [0, 0.1) is 5.82 Å². The molecule has 4 nitrogen and oxygen atoms in total. The average Bonchev–Trinajstić information content (AvgIpc) is 3.16. The molecule has 3 aromatic carbocycles. The Bertz CT molecular complexity index is 1060. The van der Waals surface area contributed by atoms with Gasteiger partial charge in [-0.25, -0.2) is 4.39 Å². The van der Waals surface area contributed by atoms with E-state index in [0.717, 1.165) is 16.9 Å². The largest absolute Gasteiger partial charge is 0.212 e. The van der Waals surface area contributed by atoms with Gasteiger partial charge in [-0.15, -0.1) is 10.2 Å². The molecule has 4 rings (SSSR count). The normalized spacial score (nSPS) is 11.2. The molecule has 0 spiro atoms. The molecule has 0 saturated heterocycles. The second kappa shape index (κ2) is 8.63. The van der Waals surface area contributed by atoms with Crippen LogP contribution in [-0.4, -0.2) is 21.1 Å². The molecular formula is C22H17FN4S. The van der Waals surface area contributed by atoms with Crippen molar-refractivity contribution >= 4 is 18.0 Å². The van der Waals surface area contributed by atoms with Crippen molar-refractivity contribution in [2.75, 3.05) is 0 Å². The minimum absolute atomic E-state index is 0.273. The average molecular weight is 388 g/mol. The number of nitrogens with zero attached hydrogens (tertiary/aromatic N) is 4. The zero-order valence-electron chi connectivity index (χ0n) is 14.9. The van der Waals surface area contributed by atoms with E-state index in [4.69, 9.17) is 0 Å². The first-order valence-corrected chi connectivity index (χ1v) is 9.75. The lowest BCUT2D eigenvalue weighted by Crippen LogP contribution is -1.97. The van der Waals surface area contributed by atoms with E-state index in [0.29, 0.717) is 11.0 Å². The molecular weight excluding hydrogens is 371 g/mol. The van der Waals surface area contributed by atoms with E-state index < -0.39 is 0 Å². The third kappa shape index (κ3) is 4.35. The molecule has 4 aromatic rings. The summed E-state index contributed by atoms with van der Waals surface area (Å²) in [6, 6.07) is 26.2. The molecule has 0 unspecified atom stereocenters. The van der Waals surface area contributed by atoms with Crippen molar-refractivity contribution < 1.29 is 4.39 Å². The summed E-state index contributed by atoms with van der Waals surface area (Å²) in [5.41, 5.74) is 2.93. The molecule has 1 heterocycles. The topological polar surface area (TPSA) is 43.1 Å². The van der Waals surface area contributed by atoms with Crippen LogP contribution in [0.3, 0.4) is 0 Å². The smallest absolute Gasteiger partial charge is 0.207 e. The van der Waals surface area contributed by atoms with Gasteiger partial charge in [-0.05, 0) is 23.3 Å². The molecule has 138 valence electrons. The van der Waals surface area contributed by atoms with Gasteiger partial charge in [0.05, 0.1) is 6.21 Å². The molecule has 0 aliphatic rings.